The SMILES string of the molecule is CN1C(=CC=CC2=[N+](Cc3ccc(C[N+]4=C(C=CC=C5N(C)c6c(Br)cc([N+](=O)[O-])cc6C56CCCCC6)C(C)(C)c5c4ccc4ccccc54)cc3)c3ccc4ccccc4c3C2(C)C)C2(CCCCC2)c2cc([N+](=O)[O-])cc(Br)c21. The van der Waals surface area contributed by atoms with E-state index in [0.717, 1.165) is 82.8 Å². The number of likely N-dealkylation sites (N-methyl/N-ethyl adjacent to an activating group) is 2. The van der Waals surface area contributed by atoms with E-state index in [1.54, 1.807) is 12.1 Å². The summed E-state index contributed by atoms with van der Waals surface area (Å²) in [6, 6.07) is 42.8. The molecule has 7 aromatic carbocycles. The van der Waals surface area contributed by atoms with Gasteiger partial charge in [-0.3, -0.25) is 20.2 Å². The number of nitro benzene ring substituents is 2. The Kier molecular flexibility index (Phi) is 13.3. The van der Waals surface area contributed by atoms with Gasteiger partial charge in [-0.2, -0.15) is 9.15 Å². The third-order valence-corrected chi connectivity index (χ3v) is 20.8. The smallest absolute Gasteiger partial charge is 0.271 e. The van der Waals surface area contributed by atoms with E-state index in [1.165, 1.54) is 90.8 Å². The Morgan fingerprint density at radius 1 is 0.524 bits per heavy atom. The van der Waals surface area contributed by atoms with Crippen LogP contribution in [0.25, 0.3) is 21.5 Å². The second-order valence-corrected chi connectivity index (χ2v) is 26.5. The van der Waals surface area contributed by atoms with Crippen molar-refractivity contribution in [1.29, 1.82) is 0 Å². The van der Waals surface area contributed by atoms with Crippen LogP contribution >= 0.6 is 31.9 Å². The molecule has 12 heteroatoms. The number of halogens is 2. The molecule has 0 saturated heterocycles. The summed E-state index contributed by atoms with van der Waals surface area (Å²) < 4.78 is 6.55. The second kappa shape index (κ2) is 20.3. The number of nitrogens with zero attached hydrogens (tertiary/aromatic N) is 6. The van der Waals surface area contributed by atoms with Gasteiger partial charge in [0.25, 0.3) is 11.4 Å². The number of non-ortho nitro benzene ring substituents is 2. The van der Waals surface area contributed by atoms with Crippen LogP contribution in [0, 0.1) is 20.2 Å². The lowest BCUT2D eigenvalue weighted by atomic mass is 9.68. The van der Waals surface area contributed by atoms with E-state index in [4.69, 9.17) is 0 Å². The maximum Gasteiger partial charge on any atom is 0.271 e. The molecule has 82 heavy (non-hydrogen) atoms. The number of fused-ring (bicyclic) bond motifs is 10. The molecule has 4 aliphatic heterocycles. The van der Waals surface area contributed by atoms with Crippen molar-refractivity contribution >= 4 is 99.0 Å². The Bertz CT molecular complexity index is 3810. The van der Waals surface area contributed by atoms with Gasteiger partial charge in [0.05, 0.1) is 32.1 Å². The number of anilines is 2. The van der Waals surface area contributed by atoms with Crippen LogP contribution in [0.2, 0.25) is 0 Å². The largest absolute Gasteiger partial charge is 0.346 e. The van der Waals surface area contributed by atoms with Crippen LogP contribution in [0.15, 0.2) is 178 Å². The molecule has 0 atom stereocenters. The predicted molar refractivity (Wildman–Crippen MR) is 340 cm³/mol. The minimum absolute atomic E-state index is 0.126. The maximum absolute atomic E-state index is 12.2. The monoisotopic (exact) mass is 1210 g/mol. The molecule has 6 aliphatic rings. The van der Waals surface area contributed by atoms with E-state index in [9.17, 15) is 20.2 Å². The zero-order valence-electron chi connectivity index (χ0n) is 47.6. The fraction of sp³-hybridized carbons (Fsp3) is 0.314. The first-order valence-electron chi connectivity index (χ1n) is 29.1. The van der Waals surface area contributed by atoms with Crippen molar-refractivity contribution in [2.75, 3.05) is 23.9 Å². The lowest BCUT2D eigenvalue weighted by Gasteiger charge is -2.36. The Morgan fingerprint density at radius 3 is 1.28 bits per heavy atom. The topological polar surface area (TPSA) is 98.8 Å². The van der Waals surface area contributed by atoms with Gasteiger partial charge in [-0.25, -0.2) is 0 Å². The van der Waals surface area contributed by atoms with Crippen molar-refractivity contribution in [2.45, 2.75) is 127 Å². The van der Waals surface area contributed by atoms with Crippen molar-refractivity contribution in [3.63, 3.8) is 0 Å². The van der Waals surface area contributed by atoms with Crippen LogP contribution in [0.4, 0.5) is 34.1 Å². The van der Waals surface area contributed by atoms with Gasteiger partial charge >= 0.3 is 0 Å². The van der Waals surface area contributed by atoms with Crippen molar-refractivity contribution in [3.05, 3.63) is 232 Å². The molecule has 0 N–H and O–H groups in total. The molecule has 13 rings (SSSR count). The van der Waals surface area contributed by atoms with Crippen LogP contribution in [0.5, 0.6) is 0 Å². The molecule has 414 valence electrons. The molecule has 0 amide bonds. The first-order valence-corrected chi connectivity index (χ1v) is 30.7. The summed E-state index contributed by atoms with van der Waals surface area (Å²) in [7, 11) is 4.23. The minimum Gasteiger partial charge on any atom is -0.346 e. The highest BCUT2D eigenvalue weighted by Gasteiger charge is 2.51. The van der Waals surface area contributed by atoms with Gasteiger partial charge in [-0.1, -0.05) is 123 Å². The Balaban J connectivity index is 0.868. The second-order valence-electron chi connectivity index (χ2n) is 24.8. The van der Waals surface area contributed by atoms with E-state index in [0.29, 0.717) is 13.1 Å². The van der Waals surface area contributed by atoms with Crippen LogP contribution < -0.4 is 9.80 Å². The third kappa shape index (κ3) is 8.42. The van der Waals surface area contributed by atoms with Crippen molar-refractivity contribution in [3.8, 4) is 0 Å². The molecule has 2 saturated carbocycles. The first-order chi connectivity index (χ1) is 39.4. The lowest BCUT2D eigenvalue weighted by molar-refractivity contribution is -0.455. The summed E-state index contributed by atoms with van der Waals surface area (Å²) in [6.45, 7) is 10.8. The highest BCUT2D eigenvalue weighted by atomic mass is 79.9. The van der Waals surface area contributed by atoms with Gasteiger partial charge in [-0.15, -0.1) is 0 Å². The van der Waals surface area contributed by atoms with E-state index in [2.05, 4.69) is 226 Å². The molecule has 0 unspecified atom stereocenters. The normalized spacial score (nSPS) is 20.2. The average Bonchev–Trinajstić information content (AvgIpc) is 2.41. The quantitative estimate of drug-likeness (QED) is 0.0769. The summed E-state index contributed by atoms with van der Waals surface area (Å²) in [5.74, 6) is 0. The molecule has 2 spiro atoms. The molecule has 4 heterocycles. The number of hydrogen-bond donors (Lipinski definition) is 0. The highest BCUT2D eigenvalue weighted by Crippen LogP contribution is 2.59. The third-order valence-electron chi connectivity index (χ3n) is 19.6. The first kappa shape index (κ1) is 54.0. The van der Waals surface area contributed by atoms with E-state index >= 15 is 0 Å². The van der Waals surface area contributed by atoms with Crippen LogP contribution in [-0.2, 0) is 34.7 Å². The zero-order valence-corrected chi connectivity index (χ0v) is 50.7. The van der Waals surface area contributed by atoms with Crippen LogP contribution in [0.1, 0.15) is 125 Å². The molecular weight excluding hydrogens is 1150 g/mol. The van der Waals surface area contributed by atoms with Crippen LogP contribution in [0.3, 0.4) is 0 Å². The molecule has 7 aromatic rings. The van der Waals surface area contributed by atoms with Gasteiger partial charge in [0.2, 0.25) is 11.4 Å². The molecule has 0 bridgehead atoms. The molecule has 0 aromatic heterocycles. The standard InChI is InChI=1S/C70H68Br2N6O4/c1-67(2)59(23-17-25-61-69(35-13-7-14-36-69)53-39-49(77(79)80)41-55(71)65(53)73(61)5)75(57-33-31-47-19-9-11-21-51(47)63(57)67)43-45-27-29-46(30-28-45)44-76-58-34-32-48-20-10-12-22-52(48)64(58)68(3,4)60(76)24-18-26-62-70(37-15-8-16-38-70)54-40-50(78(81)82)42-56(72)66(54)74(62)6/h9-12,17-34,39-42H,7-8,13-16,35-38,43-44H2,1-6H3/q+2. The number of nitro groups is 2. The Labute approximate surface area is 497 Å². The molecule has 2 fully saturated rings. The lowest BCUT2D eigenvalue weighted by Crippen LogP contribution is -2.32. The molecule has 2 aliphatic carbocycles. The van der Waals surface area contributed by atoms with Gasteiger partial charge in [-0.05, 0) is 142 Å². The van der Waals surface area contributed by atoms with Crippen molar-refractivity contribution in [1.82, 2.24) is 0 Å². The number of benzene rings is 7. The van der Waals surface area contributed by atoms with Gasteiger partial charge < -0.3 is 9.80 Å². The average molecular weight is 1220 g/mol. The van der Waals surface area contributed by atoms with Crippen LogP contribution in [-0.4, -0.2) is 44.5 Å². The summed E-state index contributed by atoms with van der Waals surface area (Å²) in [4.78, 5) is 28.4. The Morgan fingerprint density at radius 2 is 0.902 bits per heavy atom. The molecule has 10 nitrogen and oxygen atoms in total. The van der Waals surface area contributed by atoms with Gasteiger partial charge in [0, 0.05) is 116 Å². The van der Waals surface area contributed by atoms with Gasteiger partial charge in [0.1, 0.15) is 0 Å². The number of allylic oxidation sites excluding steroid dienone is 8. The van der Waals surface area contributed by atoms with E-state index < -0.39 is 0 Å². The predicted octanol–water partition coefficient (Wildman–Crippen LogP) is 18.1. The summed E-state index contributed by atoms with van der Waals surface area (Å²) in [5.41, 5.74) is 15.5. The minimum atomic E-state index is -0.330. The highest BCUT2D eigenvalue weighted by molar-refractivity contribution is 9.11. The summed E-state index contributed by atoms with van der Waals surface area (Å²) >= 11 is 7.52. The van der Waals surface area contributed by atoms with E-state index in [1.807, 2.05) is 12.1 Å². The Hall–Kier alpha value is -7.28. The fourth-order valence-electron chi connectivity index (χ4n) is 15.8. The zero-order chi connectivity index (χ0) is 57.0. The summed E-state index contributed by atoms with van der Waals surface area (Å²) in [5, 5.41) is 29.3. The maximum atomic E-state index is 12.2. The molecule has 0 radical (unpaired) electrons. The molecular formula is C70H68Br2N6O4+2. The number of rotatable bonds is 10. The number of hydrogen-bond acceptors (Lipinski definition) is 6. The van der Waals surface area contributed by atoms with E-state index in [-0.39, 0.29) is 42.9 Å². The van der Waals surface area contributed by atoms with Crippen molar-refractivity contribution in [2.24, 2.45) is 0 Å². The summed E-state index contributed by atoms with van der Waals surface area (Å²) in [6.07, 6.45) is 24.1. The van der Waals surface area contributed by atoms with Crippen molar-refractivity contribution < 1.29 is 19.0 Å². The van der Waals surface area contributed by atoms with Gasteiger partial charge in [0.15, 0.2) is 24.5 Å². The fourth-order valence-corrected chi connectivity index (χ4v) is 17.3.